The van der Waals surface area contributed by atoms with E-state index >= 15 is 0 Å². The largest absolute Gasteiger partial charge is 0.476 e. The number of nitrogens with zero attached hydrogens (tertiary/aromatic N) is 1. The third-order valence-corrected chi connectivity index (χ3v) is 3.66. The van der Waals surface area contributed by atoms with Gasteiger partial charge in [0.2, 0.25) is 11.8 Å². The van der Waals surface area contributed by atoms with Gasteiger partial charge >= 0.3 is 0 Å². The van der Waals surface area contributed by atoms with Gasteiger partial charge in [-0.25, -0.2) is 4.98 Å². The summed E-state index contributed by atoms with van der Waals surface area (Å²) in [4.78, 5) is 16.0. The number of nitrogens with one attached hydrogen (secondary N) is 1. The van der Waals surface area contributed by atoms with Crippen molar-refractivity contribution < 1.29 is 9.53 Å². The molecule has 0 spiro atoms. The van der Waals surface area contributed by atoms with Crippen molar-refractivity contribution in [3.05, 3.63) is 23.4 Å². The third kappa shape index (κ3) is 4.65. The molecule has 2 unspecified atom stereocenters. The van der Waals surface area contributed by atoms with Gasteiger partial charge in [-0.2, -0.15) is 0 Å². The molecule has 0 radical (unpaired) electrons. The van der Waals surface area contributed by atoms with E-state index < -0.39 is 0 Å². The van der Waals surface area contributed by atoms with E-state index in [9.17, 15) is 4.79 Å². The molecule has 2 atom stereocenters. The maximum Gasteiger partial charge on any atom is 0.223 e. The zero-order valence-electron chi connectivity index (χ0n) is 11.3. The Bertz CT molecular complexity index is 439. The quantitative estimate of drug-likeness (QED) is 0.812. The van der Waals surface area contributed by atoms with Gasteiger partial charge in [0.25, 0.3) is 0 Å². The Labute approximate surface area is 123 Å². The molecule has 0 aliphatic heterocycles. The Hall–Kier alpha value is -1.33. The lowest BCUT2D eigenvalue weighted by molar-refractivity contribution is -0.126. The lowest BCUT2D eigenvalue weighted by Gasteiger charge is -2.25. The number of aromatic nitrogens is 1. The van der Waals surface area contributed by atoms with Crippen molar-refractivity contribution in [2.45, 2.75) is 31.7 Å². The molecule has 1 amide bonds. The summed E-state index contributed by atoms with van der Waals surface area (Å²) < 4.78 is 5.41. The molecular weight excluding hydrogens is 278 g/mol. The van der Waals surface area contributed by atoms with Gasteiger partial charge in [0, 0.05) is 24.2 Å². The van der Waals surface area contributed by atoms with Gasteiger partial charge in [0.1, 0.15) is 6.61 Å². The number of amides is 1. The molecule has 20 heavy (non-hydrogen) atoms. The molecule has 1 aromatic heterocycles. The van der Waals surface area contributed by atoms with Gasteiger partial charge in [-0.1, -0.05) is 18.0 Å². The molecule has 6 heteroatoms. The second kappa shape index (κ2) is 7.45. The van der Waals surface area contributed by atoms with Crippen LogP contribution in [0.4, 0.5) is 0 Å². The van der Waals surface area contributed by atoms with Crippen LogP contribution in [0.15, 0.2) is 18.3 Å². The summed E-state index contributed by atoms with van der Waals surface area (Å²) in [7, 11) is 0. The Morgan fingerprint density at radius 1 is 1.50 bits per heavy atom. The van der Waals surface area contributed by atoms with E-state index in [0.717, 1.165) is 25.7 Å². The molecular formula is C14H20ClN3O2. The van der Waals surface area contributed by atoms with Crippen molar-refractivity contribution in [3.63, 3.8) is 0 Å². The van der Waals surface area contributed by atoms with Crippen LogP contribution < -0.4 is 15.8 Å². The minimum atomic E-state index is 0.0485. The molecule has 0 saturated heterocycles. The van der Waals surface area contributed by atoms with E-state index in [4.69, 9.17) is 22.1 Å². The van der Waals surface area contributed by atoms with Crippen LogP contribution in [0, 0.1) is 5.92 Å². The molecule has 110 valence electrons. The highest BCUT2D eigenvalue weighted by atomic mass is 35.5. The summed E-state index contributed by atoms with van der Waals surface area (Å²) in [5.74, 6) is 0.628. The van der Waals surface area contributed by atoms with Crippen molar-refractivity contribution in [1.82, 2.24) is 10.3 Å². The van der Waals surface area contributed by atoms with E-state index in [-0.39, 0.29) is 17.9 Å². The number of hydrogen-bond donors (Lipinski definition) is 2. The maximum absolute atomic E-state index is 11.9. The van der Waals surface area contributed by atoms with E-state index in [0.29, 0.717) is 24.1 Å². The molecule has 3 N–H and O–H groups in total. The summed E-state index contributed by atoms with van der Waals surface area (Å²) in [6, 6.07) is 3.57. The molecule has 1 aromatic rings. The highest BCUT2D eigenvalue weighted by molar-refractivity contribution is 6.30. The first kappa shape index (κ1) is 15.1. The van der Waals surface area contributed by atoms with Gasteiger partial charge in [0.05, 0.1) is 11.6 Å². The fraction of sp³-hybridized carbons (Fsp3) is 0.571. The summed E-state index contributed by atoms with van der Waals surface area (Å²) in [5.41, 5.74) is 5.88. The normalized spacial score (nSPS) is 22.3. The van der Waals surface area contributed by atoms with Crippen molar-refractivity contribution in [1.29, 1.82) is 0 Å². The highest BCUT2D eigenvalue weighted by Gasteiger charge is 2.24. The predicted molar refractivity (Wildman–Crippen MR) is 77.7 cm³/mol. The first-order valence-corrected chi connectivity index (χ1v) is 7.30. The molecule has 1 heterocycles. The zero-order valence-corrected chi connectivity index (χ0v) is 12.1. The van der Waals surface area contributed by atoms with E-state index in [1.54, 1.807) is 12.1 Å². The Morgan fingerprint density at radius 3 is 3.05 bits per heavy atom. The summed E-state index contributed by atoms with van der Waals surface area (Å²) in [5, 5.41) is 3.45. The minimum absolute atomic E-state index is 0.0485. The summed E-state index contributed by atoms with van der Waals surface area (Å²) in [6.45, 7) is 0.855. The number of pyridine rings is 1. The predicted octanol–water partition coefficient (Wildman–Crippen LogP) is 1.75. The molecule has 0 aromatic carbocycles. The first-order chi connectivity index (χ1) is 9.65. The zero-order chi connectivity index (χ0) is 14.4. The van der Waals surface area contributed by atoms with Crippen molar-refractivity contribution >= 4 is 17.5 Å². The molecule has 1 fully saturated rings. The van der Waals surface area contributed by atoms with Crippen LogP contribution in [0.1, 0.15) is 25.7 Å². The number of rotatable bonds is 5. The Balaban J connectivity index is 1.65. The van der Waals surface area contributed by atoms with Crippen LogP contribution in [-0.4, -0.2) is 30.1 Å². The van der Waals surface area contributed by atoms with Crippen LogP contribution in [0.2, 0.25) is 5.02 Å². The van der Waals surface area contributed by atoms with Crippen LogP contribution in [-0.2, 0) is 4.79 Å². The third-order valence-electron chi connectivity index (χ3n) is 3.44. The average Bonchev–Trinajstić information content (AvgIpc) is 2.45. The van der Waals surface area contributed by atoms with E-state index in [1.807, 2.05) is 0 Å². The van der Waals surface area contributed by atoms with Crippen LogP contribution in [0.25, 0.3) is 0 Å². The lowest BCUT2D eigenvalue weighted by Crippen LogP contribution is -2.39. The molecule has 2 rings (SSSR count). The fourth-order valence-corrected chi connectivity index (χ4v) is 2.50. The van der Waals surface area contributed by atoms with Crippen molar-refractivity contribution in [2.75, 3.05) is 13.2 Å². The number of hydrogen-bond acceptors (Lipinski definition) is 4. The summed E-state index contributed by atoms with van der Waals surface area (Å²) in [6.07, 6.45) is 5.29. The minimum Gasteiger partial charge on any atom is -0.476 e. The second-order valence-electron chi connectivity index (χ2n) is 5.08. The van der Waals surface area contributed by atoms with Crippen molar-refractivity contribution in [2.24, 2.45) is 11.7 Å². The number of nitrogens with two attached hydrogens (primary N) is 1. The SMILES string of the molecule is NC1CCCC(C(=O)NCCOc2ccc(Cl)cn2)C1. The number of ether oxygens (including phenoxy) is 1. The number of carbonyl (C=O) groups is 1. The molecule has 1 aliphatic carbocycles. The number of halogens is 1. The smallest absolute Gasteiger partial charge is 0.223 e. The van der Waals surface area contributed by atoms with Gasteiger partial charge in [-0.15, -0.1) is 0 Å². The lowest BCUT2D eigenvalue weighted by atomic mass is 9.85. The fourth-order valence-electron chi connectivity index (χ4n) is 2.39. The Kier molecular flexibility index (Phi) is 5.61. The molecule has 5 nitrogen and oxygen atoms in total. The molecule has 0 bridgehead atoms. The van der Waals surface area contributed by atoms with Crippen LogP contribution >= 0.6 is 11.6 Å². The standard InChI is InChI=1S/C14H20ClN3O2/c15-11-4-5-13(18-9-11)20-7-6-17-14(19)10-2-1-3-12(16)8-10/h4-5,9-10,12H,1-3,6-8,16H2,(H,17,19). The highest BCUT2D eigenvalue weighted by Crippen LogP contribution is 2.22. The van der Waals surface area contributed by atoms with Gasteiger partial charge in [0.15, 0.2) is 0 Å². The first-order valence-electron chi connectivity index (χ1n) is 6.93. The van der Waals surface area contributed by atoms with Gasteiger partial charge in [-0.3, -0.25) is 4.79 Å². The van der Waals surface area contributed by atoms with Crippen molar-refractivity contribution in [3.8, 4) is 5.88 Å². The number of carbonyl (C=O) groups excluding carboxylic acids is 1. The van der Waals surface area contributed by atoms with E-state index in [1.165, 1.54) is 6.20 Å². The Morgan fingerprint density at radius 2 is 2.35 bits per heavy atom. The van der Waals surface area contributed by atoms with Crippen LogP contribution in [0.5, 0.6) is 5.88 Å². The molecule has 1 saturated carbocycles. The monoisotopic (exact) mass is 297 g/mol. The maximum atomic E-state index is 11.9. The second-order valence-corrected chi connectivity index (χ2v) is 5.51. The average molecular weight is 298 g/mol. The van der Waals surface area contributed by atoms with E-state index in [2.05, 4.69) is 10.3 Å². The molecule has 1 aliphatic rings. The van der Waals surface area contributed by atoms with Crippen LogP contribution in [0.3, 0.4) is 0 Å². The van der Waals surface area contributed by atoms with Gasteiger partial charge < -0.3 is 15.8 Å². The summed E-state index contributed by atoms with van der Waals surface area (Å²) >= 11 is 5.73. The topological polar surface area (TPSA) is 77.2 Å². The van der Waals surface area contributed by atoms with Gasteiger partial charge in [-0.05, 0) is 25.3 Å².